The van der Waals surface area contributed by atoms with Crippen LogP contribution in [0.25, 0.3) is 16.1 Å². The van der Waals surface area contributed by atoms with Crippen LogP contribution in [0.2, 0.25) is 5.02 Å². The highest BCUT2D eigenvalue weighted by atomic mass is 35.5. The second-order valence-corrected chi connectivity index (χ2v) is 9.54. The van der Waals surface area contributed by atoms with Gasteiger partial charge in [0, 0.05) is 17.1 Å². The van der Waals surface area contributed by atoms with Crippen molar-refractivity contribution in [2.45, 2.75) is 17.1 Å². The van der Waals surface area contributed by atoms with Gasteiger partial charge in [-0.2, -0.15) is 13.2 Å². The van der Waals surface area contributed by atoms with Crippen LogP contribution in [0.3, 0.4) is 0 Å². The van der Waals surface area contributed by atoms with Crippen LogP contribution < -0.4 is 20.9 Å². The molecular weight excluding hydrogens is 567 g/mol. The third-order valence-electron chi connectivity index (χ3n) is 5.45. The number of urea groups is 1. The van der Waals surface area contributed by atoms with Crippen LogP contribution in [0.1, 0.15) is 11.1 Å². The minimum atomic E-state index is -4.66. The Balaban J connectivity index is 1.41. The zero-order valence-corrected chi connectivity index (χ0v) is 22.2. The highest BCUT2D eigenvalue weighted by Gasteiger charge is 2.33. The van der Waals surface area contributed by atoms with Crippen LogP contribution in [0.4, 0.5) is 35.0 Å². The first-order chi connectivity index (χ1) is 19.1. The third kappa shape index (κ3) is 6.93. The van der Waals surface area contributed by atoms with Gasteiger partial charge in [0.15, 0.2) is 5.16 Å². The lowest BCUT2D eigenvalue weighted by Crippen LogP contribution is -2.20. The Hall–Kier alpha value is -4.47. The van der Waals surface area contributed by atoms with Crippen molar-refractivity contribution in [3.63, 3.8) is 0 Å². The van der Waals surface area contributed by atoms with E-state index in [-0.39, 0.29) is 17.1 Å². The molecule has 4 rings (SSSR count). The van der Waals surface area contributed by atoms with E-state index in [0.29, 0.717) is 27.9 Å². The molecule has 0 aliphatic heterocycles. The number of benzene rings is 3. The number of aromatic nitrogens is 2. The number of alkyl halides is 3. The lowest BCUT2D eigenvalue weighted by molar-refractivity contribution is -0.137. The molecule has 0 aliphatic rings. The summed E-state index contributed by atoms with van der Waals surface area (Å²) in [7, 11) is 1.52. The molecule has 0 atom stereocenters. The van der Waals surface area contributed by atoms with E-state index in [0.717, 1.165) is 17.7 Å². The number of carbonyl (C=O) groups is 1. The Kier molecular flexibility index (Phi) is 8.67. The monoisotopic (exact) mass is 585 g/mol. The summed E-state index contributed by atoms with van der Waals surface area (Å²) in [6.45, 7) is 7.40. The number of hydrogen-bond acceptors (Lipinski definition) is 5. The fraction of sp³-hybridized carbons (Fsp3) is 0.111. The molecule has 0 spiro atoms. The molecule has 3 N–H and O–H groups in total. The number of hydrogen-bond donors (Lipinski definition) is 3. The largest absolute Gasteiger partial charge is 0.497 e. The molecule has 0 bridgehead atoms. The molecule has 40 heavy (non-hydrogen) atoms. The van der Waals surface area contributed by atoms with Crippen molar-refractivity contribution < 1.29 is 22.7 Å². The third-order valence-corrected chi connectivity index (χ3v) is 6.72. The summed E-state index contributed by atoms with van der Waals surface area (Å²) in [6.07, 6.45) is -4.66. The quantitative estimate of drug-likeness (QED) is 0.118. The lowest BCUT2D eigenvalue weighted by atomic mass is 10.1. The van der Waals surface area contributed by atoms with E-state index >= 15 is 0 Å². The van der Waals surface area contributed by atoms with E-state index in [4.69, 9.17) is 22.9 Å². The minimum Gasteiger partial charge on any atom is -0.497 e. The molecule has 13 heteroatoms. The Morgan fingerprint density at radius 1 is 1.10 bits per heavy atom. The van der Waals surface area contributed by atoms with Crippen molar-refractivity contribution in [1.29, 1.82) is 0 Å². The van der Waals surface area contributed by atoms with Gasteiger partial charge in [-0.05, 0) is 53.6 Å². The highest BCUT2D eigenvalue weighted by Crippen LogP contribution is 2.36. The molecule has 204 valence electrons. The molecule has 0 fully saturated rings. The van der Waals surface area contributed by atoms with Gasteiger partial charge >= 0.3 is 12.2 Å². The topological polar surface area (TPSA) is 100 Å². The molecule has 0 unspecified atom stereocenters. The normalized spacial score (nSPS) is 11.0. The number of carbonyl (C=O) groups excluding carboxylic acids is 1. The number of aromatic amines is 1. The first-order valence-corrected chi connectivity index (χ1v) is 12.8. The summed E-state index contributed by atoms with van der Waals surface area (Å²) in [5.74, 6) is 0.973. The predicted molar refractivity (Wildman–Crippen MR) is 148 cm³/mol. The Labute approximate surface area is 235 Å². The summed E-state index contributed by atoms with van der Waals surface area (Å²) in [6, 6.07) is 16.0. The van der Waals surface area contributed by atoms with Gasteiger partial charge in [0.25, 0.3) is 11.2 Å². The summed E-state index contributed by atoms with van der Waals surface area (Å²) >= 11 is 6.86. The van der Waals surface area contributed by atoms with Crippen molar-refractivity contribution in [2.75, 3.05) is 17.7 Å². The molecule has 8 nitrogen and oxygen atoms in total. The molecule has 2 amide bonds. The van der Waals surface area contributed by atoms with Gasteiger partial charge in [-0.15, -0.1) is 0 Å². The van der Waals surface area contributed by atoms with Crippen LogP contribution in [-0.2, 0) is 11.9 Å². The maximum Gasteiger partial charge on any atom is 0.417 e. The maximum absolute atomic E-state index is 13.0. The lowest BCUT2D eigenvalue weighted by Gasteiger charge is -2.12. The van der Waals surface area contributed by atoms with Gasteiger partial charge in [-0.3, -0.25) is 4.79 Å². The molecule has 1 aromatic heterocycles. The molecule has 0 saturated carbocycles. The summed E-state index contributed by atoms with van der Waals surface area (Å²) in [5, 5.41) is 4.75. The second-order valence-electron chi connectivity index (χ2n) is 8.17. The van der Waals surface area contributed by atoms with Crippen molar-refractivity contribution in [3.05, 3.63) is 105 Å². The fourth-order valence-electron chi connectivity index (χ4n) is 3.54. The smallest absolute Gasteiger partial charge is 0.417 e. The number of methoxy groups -OCH3 is 1. The number of H-pyrrole nitrogens is 1. The number of halogens is 4. The van der Waals surface area contributed by atoms with E-state index < -0.39 is 28.4 Å². The van der Waals surface area contributed by atoms with Crippen LogP contribution >= 0.6 is 23.4 Å². The number of nitrogens with zero attached hydrogens (tertiary/aromatic N) is 2. The SMILES string of the molecule is [C-]#[N+]c1c(-c2cccc(OC)c2)nc(SCc2ccc(NC(=O)Nc3ccc(Cl)c(C(F)(F)F)c3)cc2)[nH]c1=O. The van der Waals surface area contributed by atoms with Gasteiger partial charge in [0.1, 0.15) is 5.75 Å². The van der Waals surface area contributed by atoms with Gasteiger partial charge < -0.3 is 20.4 Å². The van der Waals surface area contributed by atoms with E-state index in [1.807, 2.05) is 0 Å². The minimum absolute atomic E-state index is 0.0683. The van der Waals surface area contributed by atoms with Gasteiger partial charge in [0.2, 0.25) is 0 Å². The van der Waals surface area contributed by atoms with Crippen LogP contribution in [-0.4, -0.2) is 23.1 Å². The fourth-order valence-corrected chi connectivity index (χ4v) is 4.58. The van der Waals surface area contributed by atoms with Crippen molar-refractivity contribution in [3.8, 4) is 17.0 Å². The Morgan fingerprint density at radius 2 is 1.80 bits per heavy atom. The summed E-state index contributed by atoms with van der Waals surface area (Å²) in [5.41, 5.74) is 0.255. The molecule has 4 aromatic rings. The highest BCUT2D eigenvalue weighted by molar-refractivity contribution is 7.98. The first kappa shape index (κ1) is 28.5. The van der Waals surface area contributed by atoms with E-state index in [2.05, 4.69) is 25.4 Å². The van der Waals surface area contributed by atoms with E-state index in [1.54, 1.807) is 48.5 Å². The first-order valence-electron chi connectivity index (χ1n) is 11.4. The molecule has 3 aromatic carbocycles. The average molecular weight is 586 g/mol. The van der Waals surface area contributed by atoms with Gasteiger partial charge in [-0.1, -0.05) is 47.6 Å². The van der Waals surface area contributed by atoms with Gasteiger partial charge in [0.05, 0.1) is 30.0 Å². The Bertz CT molecular complexity index is 1650. The molecule has 1 heterocycles. The molecule has 0 aliphatic carbocycles. The molecule has 0 radical (unpaired) electrons. The number of rotatable bonds is 7. The zero-order valence-electron chi connectivity index (χ0n) is 20.6. The van der Waals surface area contributed by atoms with Crippen molar-refractivity contribution >= 4 is 46.5 Å². The standard InChI is InChI=1S/C27H19ClF3N5O3S/c1-32-23-22(16-4-3-5-19(12-16)39-2)35-26(36-24(23)37)40-14-15-6-8-17(9-7-15)33-25(38)34-18-10-11-21(28)20(13-18)27(29,30)31/h3-13H,14H2,2H3,(H2,33,34,38)(H,35,36,37). The summed E-state index contributed by atoms with van der Waals surface area (Å²) in [4.78, 5) is 35.3. The molecular formula is C27H19ClF3N5O3S. The second kappa shape index (κ2) is 12.1. The van der Waals surface area contributed by atoms with Crippen molar-refractivity contribution in [2.24, 2.45) is 0 Å². The number of anilines is 2. The van der Waals surface area contributed by atoms with Gasteiger partial charge in [-0.25, -0.2) is 14.6 Å². The average Bonchev–Trinajstić information content (AvgIpc) is 2.92. The van der Waals surface area contributed by atoms with Crippen LogP contribution in [0, 0.1) is 6.57 Å². The zero-order chi connectivity index (χ0) is 28.9. The van der Waals surface area contributed by atoms with Crippen LogP contribution in [0.5, 0.6) is 5.75 Å². The maximum atomic E-state index is 13.0. The van der Waals surface area contributed by atoms with Crippen LogP contribution in [0.15, 0.2) is 76.7 Å². The number of amides is 2. The van der Waals surface area contributed by atoms with E-state index in [1.165, 1.54) is 24.9 Å². The van der Waals surface area contributed by atoms with Crippen molar-refractivity contribution in [1.82, 2.24) is 9.97 Å². The van der Waals surface area contributed by atoms with E-state index in [9.17, 15) is 22.8 Å². The molecule has 0 saturated heterocycles. The number of nitrogens with one attached hydrogen (secondary N) is 3. The number of ether oxygens (including phenoxy) is 1. The number of thioether (sulfide) groups is 1. The predicted octanol–water partition coefficient (Wildman–Crippen LogP) is 7.60. The Morgan fingerprint density at radius 3 is 2.48 bits per heavy atom. The summed E-state index contributed by atoms with van der Waals surface area (Å²) < 4.78 is 44.4.